The van der Waals surface area contributed by atoms with Crippen molar-refractivity contribution in [2.24, 2.45) is 0 Å². The van der Waals surface area contributed by atoms with Crippen LogP contribution in [0.3, 0.4) is 0 Å². The Labute approximate surface area is 197 Å². The number of hydrogen-bond acceptors (Lipinski definition) is 2. The van der Waals surface area contributed by atoms with E-state index in [4.69, 9.17) is 0 Å². The Kier molecular flexibility index (Phi) is 3.48. The van der Waals surface area contributed by atoms with Crippen molar-refractivity contribution in [2.75, 3.05) is 0 Å². The summed E-state index contributed by atoms with van der Waals surface area (Å²) < 4.78 is 5.43. The van der Waals surface area contributed by atoms with Crippen LogP contribution >= 0.6 is 22.7 Å². The van der Waals surface area contributed by atoms with Crippen molar-refractivity contribution in [3.63, 3.8) is 0 Å². The topological polar surface area (TPSA) is 15.8 Å². The second-order valence-electron chi connectivity index (χ2n) is 8.63. The summed E-state index contributed by atoms with van der Waals surface area (Å²) in [6.07, 6.45) is 0. The van der Waals surface area contributed by atoms with E-state index < -0.39 is 0 Å². The van der Waals surface area contributed by atoms with Crippen molar-refractivity contribution in [3.8, 4) is 11.1 Å². The molecule has 0 fully saturated rings. The molecule has 0 radical (unpaired) electrons. The molecule has 0 spiro atoms. The van der Waals surface area contributed by atoms with E-state index in [-0.39, 0.29) is 0 Å². The van der Waals surface area contributed by atoms with Gasteiger partial charge in [-0.1, -0.05) is 72.8 Å². The summed E-state index contributed by atoms with van der Waals surface area (Å²) in [5.41, 5.74) is 4.98. The highest BCUT2D eigenvalue weighted by molar-refractivity contribution is 7.27. The number of aromatic amines is 1. The van der Waals surface area contributed by atoms with Crippen molar-refractivity contribution in [1.29, 1.82) is 0 Å². The Morgan fingerprint density at radius 2 is 1.15 bits per heavy atom. The molecule has 0 bridgehead atoms. The third kappa shape index (κ3) is 2.41. The third-order valence-electron chi connectivity index (χ3n) is 6.82. The molecule has 8 aromatic rings. The fraction of sp³-hybridized carbons (Fsp3) is 0. The minimum atomic E-state index is 1.20. The van der Waals surface area contributed by atoms with Gasteiger partial charge in [0.1, 0.15) is 0 Å². The number of H-pyrrole nitrogens is 1. The molecule has 1 N–H and O–H groups in total. The summed E-state index contributed by atoms with van der Waals surface area (Å²) in [6.45, 7) is 0. The van der Waals surface area contributed by atoms with E-state index in [0.29, 0.717) is 0 Å². The van der Waals surface area contributed by atoms with E-state index in [2.05, 4.69) is 102 Å². The summed E-state index contributed by atoms with van der Waals surface area (Å²) in [5.74, 6) is 0. The van der Waals surface area contributed by atoms with Crippen LogP contribution in [-0.2, 0) is 0 Å². The number of fused-ring (bicyclic) bond motifs is 10. The Hall–Kier alpha value is -3.66. The van der Waals surface area contributed by atoms with Gasteiger partial charge < -0.3 is 4.98 Å². The average Bonchev–Trinajstić information content (AvgIpc) is 3.53. The maximum Gasteiger partial charge on any atom is 0.0479 e. The first kappa shape index (κ1) is 17.8. The molecular weight excluding hydrogens is 438 g/mol. The van der Waals surface area contributed by atoms with Crippen molar-refractivity contribution >= 4 is 84.8 Å². The molecule has 33 heavy (non-hydrogen) atoms. The molecule has 8 rings (SSSR count). The minimum absolute atomic E-state index is 1.20. The lowest BCUT2D eigenvalue weighted by Crippen LogP contribution is -1.79. The van der Waals surface area contributed by atoms with E-state index in [1.807, 2.05) is 22.7 Å². The zero-order chi connectivity index (χ0) is 21.5. The SMILES string of the molecule is c1ccc2c(c1)sc1c(-c3ccc4c(c3)[nH]c3ccc5c6ccccc6sc5c34)cccc12. The first-order chi connectivity index (χ1) is 16.3. The quantitative estimate of drug-likeness (QED) is 0.253. The van der Waals surface area contributed by atoms with Gasteiger partial charge in [-0.3, -0.25) is 0 Å². The second-order valence-corrected chi connectivity index (χ2v) is 10.7. The molecule has 3 aromatic heterocycles. The van der Waals surface area contributed by atoms with Crippen LogP contribution in [0, 0.1) is 0 Å². The zero-order valence-electron chi connectivity index (χ0n) is 17.6. The fourth-order valence-electron chi connectivity index (χ4n) is 5.31. The van der Waals surface area contributed by atoms with E-state index in [1.165, 1.54) is 73.3 Å². The molecule has 0 saturated heterocycles. The molecule has 0 amide bonds. The van der Waals surface area contributed by atoms with Gasteiger partial charge in [-0.2, -0.15) is 0 Å². The van der Waals surface area contributed by atoms with E-state index in [9.17, 15) is 0 Å². The predicted octanol–water partition coefficient (Wildman–Crippen LogP) is 9.72. The molecule has 0 aliphatic rings. The molecule has 3 heteroatoms. The van der Waals surface area contributed by atoms with Crippen LogP contribution in [-0.4, -0.2) is 4.98 Å². The van der Waals surface area contributed by atoms with Gasteiger partial charge in [0, 0.05) is 62.2 Å². The number of rotatable bonds is 1. The summed E-state index contributed by atoms with van der Waals surface area (Å²) >= 11 is 3.79. The Bertz CT molecular complexity index is 2030. The van der Waals surface area contributed by atoms with E-state index >= 15 is 0 Å². The fourth-order valence-corrected chi connectivity index (χ4v) is 7.82. The van der Waals surface area contributed by atoms with Crippen LogP contribution < -0.4 is 0 Å². The highest BCUT2D eigenvalue weighted by Crippen LogP contribution is 2.43. The van der Waals surface area contributed by atoms with Gasteiger partial charge in [0.15, 0.2) is 0 Å². The third-order valence-corrected chi connectivity index (χ3v) is 9.24. The maximum absolute atomic E-state index is 3.71. The average molecular weight is 456 g/mol. The van der Waals surface area contributed by atoms with Crippen LogP contribution in [0.15, 0.2) is 97.1 Å². The maximum atomic E-state index is 3.71. The lowest BCUT2D eigenvalue weighted by Gasteiger charge is -2.04. The molecule has 1 nitrogen and oxygen atoms in total. The first-order valence-corrected chi connectivity index (χ1v) is 12.7. The minimum Gasteiger partial charge on any atom is -0.354 e. The second kappa shape index (κ2) is 6.44. The van der Waals surface area contributed by atoms with Gasteiger partial charge in [0.25, 0.3) is 0 Å². The molecule has 0 unspecified atom stereocenters. The van der Waals surface area contributed by atoms with Gasteiger partial charge in [-0.15, -0.1) is 22.7 Å². The summed E-state index contributed by atoms with van der Waals surface area (Å²) in [5, 5.41) is 8.03. The van der Waals surface area contributed by atoms with Gasteiger partial charge >= 0.3 is 0 Å². The standard InChI is InChI=1S/C30H17NS2/c1-3-10-26-19(6-1)21-9-5-8-18(29(21)32-26)17-12-13-23-25(16-17)31-24-15-14-22-20-7-2-4-11-27(20)33-30(22)28(23)24/h1-16,31H. The number of aromatic nitrogens is 1. The number of nitrogens with one attached hydrogen (secondary N) is 1. The molecule has 3 heterocycles. The zero-order valence-corrected chi connectivity index (χ0v) is 19.2. The van der Waals surface area contributed by atoms with Gasteiger partial charge in [-0.05, 0) is 35.4 Å². The summed E-state index contributed by atoms with van der Waals surface area (Å²) in [7, 11) is 0. The van der Waals surface area contributed by atoms with E-state index in [1.54, 1.807) is 0 Å². The summed E-state index contributed by atoms with van der Waals surface area (Å²) in [4.78, 5) is 3.71. The number of benzene rings is 5. The molecular formula is C30H17NS2. The smallest absolute Gasteiger partial charge is 0.0479 e. The molecule has 0 atom stereocenters. The highest BCUT2D eigenvalue weighted by Gasteiger charge is 2.15. The van der Waals surface area contributed by atoms with Crippen LogP contribution in [0.2, 0.25) is 0 Å². The Balaban J connectivity index is 1.41. The van der Waals surface area contributed by atoms with Crippen molar-refractivity contribution in [3.05, 3.63) is 97.1 Å². The van der Waals surface area contributed by atoms with Crippen LogP contribution in [0.4, 0.5) is 0 Å². The van der Waals surface area contributed by atoms with Crippen LogP contribution in [0.5, 0.6) is 0 Å². The molecule has 0 aliphatic carbocycles. The number of thiophene rings is 2. The van der Waals surface area contributed by atoms with Crippen LogP contribution in [0.25, 0.3) is 73.3 Å². The predicted molar refractivity (Wildman–Crippen MR) is 147 cm³/mol. The largest absolute Gasteiger partial charge is 0.354 e. The van der Waals surface area contributed by atoms with Crippen molar-refractivity contribution in [1.82, 2.24) is 4.98 Å². The number of hydrogen-bond donors (Lipinski definition) is 1. The summed E-state index contributed by atoms with van der Waals surface area (Å²) in [6, 6.07) is 35.6. The molecule has 154 valence electrons. The van der Waals surface area contributed by atoms with Crippen molar-refractivity contribution < 1.29 is 0 Å². The van der Waals surface area contributed by atoms with Crippen molar-refractivity contribution in [2.45, 2.75) is 0 Å². The van der Waals surface area contributed by atoms with Gasteiger partial charge in [-0.25, -0.2) is 0 Å². The lowest BCUT2D eigenvalue weighted by molar-refractivity contribution is 1.55. The molecule has 0 saturated carbocycles. The van der Waals surface area contributed by atoms with Crippen LogP contribution in [0.1, 0.15) is 0 Å². The normalized spacial score (nSPS) is 12.2. The molecule has 5 aromatic carbocycles. The molecule has 0 aliphatic heterocycles. The van der Waals surface area contributed by atoms with Gasteiger partial charge in [0.2, 0.25) is 0 Å². The lowest BCUT2D eigenvalue weighted by atomic mass is 10.0. The first-order valence-electron chi connectivity index (χ1n) is 11.1. The Morgan fingerprint density at radius 3 is 1.97 bits per heavy atom. The Morgan fingerprint density at radius 1 is 0.485 bits per heavy atom. The monoisotopic (exact) mass is 455 g/mol. The highest BCUT2D eigenvalue weighted by atomic mass is 32.1. The van der Waals surface area contributed by atoms with Gasteiger partial charge in [0.05, 0.1) is 0 Å². The van der Waals surface area contributed by atoms with E-state index in [0.717, 1.165) is 0 Å².